The van der Waals surface area contributed by atoms with E-state index in [9.17, 15) is 9.90 Å². The van der Waals surface area contributed by atoms with Crippen LogP contribution in [0.2, 0.25) is 0 Å². The Morgan fingerprint density at radius 1 is 1.16 bits per heavy atom. The number of hydrogen-bond donors (Lipinski definition) is 1. The summed E-state index contributed by atoms with van der Waals surface area (Å²) in [5, 5.41) is 12.1. The van der Waals surface area contributed by atoms with Crippen LogP contribution in [0, 0.1) is 30.5 Å². The third kappa shape index (κ3) is 6.99. The number of hydrogen-bond acceptors (Lipinski definition) is 2. The van der Waals surface area contributed by atoms with E-state index in [4.69, 9.17) is 0 Å². The molecule has 0 radical (unpaired) electrons. The second-order valence-electron chi connectivity index (χ2n) is 10.4. The topological polar surface area (TPSA) is 37.3 Å². The van der Waals surface area contributed by atoms with Crippen LogP contribution in [0.25, 0.3) is 11.1 Å². The zero-order valence-electron chi connectivity index (χ0n) is 24.4. The molecule has 0 saturated carbocycles. The normalized spacial score (nSPS) is 16.6. The fourth-order valence-electron chi connectivity index (χ4n) is 5.03. The van der Waals surface area contributed by atoms with E-state index in [0.29, 0.717) is 35.5 Å². The van der Waals surface area contributed by atoms with Crippen LogP contribution in [0.5, 0.6) is 0 Å². The van der Waals surface area contributed by atoms with Gasteiger partial charge < -0.3 is 5.11 Å². The Balaban J connectivity index is 3.12. The van der Waals surface area contributed by atoms with E-state index in [1.807, 2.05) is 26.8 Å². The highest BCUT2D eigenvalue weighted by molar-refractivity contribution is 5.94. The van der Waals surface area contributed by atoms with Crippen molar-refractivity contribution in [2.24, 2.45) is 5.92 Å². The lowest BCUT2D eigenvalue weighted by molar-refractivity contribution is -0.113. The predicted molar refractivity (Wildman–Crippen MR) is 155 cm³/mol. The number of aliphatic hydroxyl groups excluding tert-OH is 1. The van der Waals surface area contributed by atoms with Crippen molar-refractivity contribution in [3.8, 4) is 11.8 Å². The third-order valence-electron chi connectivity index (χ3n) is 7.93. The number of ketones is 1. The van der Waals surface area contributed by atoms with E-state index in [1.165, 1.54) is 5.57 Å². The Hall–Kier alpha value is -2.70. The maximum Gasteiger partial charge on any atom is 0.156 e. The Bertz CT molecular complexity index is 1320. The molecule has 200 valence electrons. The predicted octanol–water partition coefficient (Wildman–Crippen LogP) is 6.80. The Morgan fingerprint density at radius 3 is 2.38 bits per heavy atom. The number of halogens is 1. The van der Waals surface area contributed by atoms with Crippen molar-refractivity contribution in [3.05, 3.63) is 67.4 Å². The van der Waals surface area contributed by atoms with Gasteiger partial charge in [0.15, 0.2) is 5.78 Å². The van der Waals surface area contributed by atoms with Crippen molar-refractivity contribution in [1.29, 1.82) is 0 Å². The molecule has 0 fully saturated rings. The molecule has 1 aromatic carbocycles. The van der Waals surface area contributed by atoms with Crippen LogP contribution >= 0.6 is 0 Å². The quantitative estimate of drug-likeness (QED) is 0.216. The monoisotopic (exact) mass is 504 g/mol. The first-order valence-corrected chi connectivity index (χ1v) is 13.8. The lowest BCUT2D eigenvalue weighted by Gasteiger charge is -2.19. The number of rotatable bonds is 10. The Morgan fingerprint density at radius 2 is 1.84 bits per heavy atom. The van der Waals surface area contributed by atoms with Gasteiger partial charge in [-0.1, -0.05) is 57.6 Å². The summed E-state index contributed by atoms with van der Waals surface area (Å²) in [6.07, 6.45) is 6.70. The summed E-state index contributed by atoms with van der Waals surface area (Å²) in [6, 6.07) is 1.70. The van der Waals surface area contributed by atoms with Crippen LogP contribution in [0.4, 0.5) is 4.39 Å². The molecule has 0 bridgehead atoms. The second-order valence-corrected chi connectivity index (χ2v) is 10.4. The van der Waals surface area contributed by atoms with Gasteiger partial charge in [0.25, 0.3) is 0 Å². The minimum absolute atomic E-state index is 0.0114. The molecule has 1 aliphatic rings. The van der Waals surface area contributed by atoms with Gasteiger partial charge >= 0.3 is 0 Å². The molecular weight excluding hydrogens is 459 g/mol. The van der Waals surface area contributed by atoms with Crippen LogP contribution in [-0.4, -0.2) is 17.5 Å². The van der Waals surface area contributed by atoms with Crippen LogP contribution in [0.15, 0.2) is 40.0 Å². The highest BCUT2D eigenvalue weighted by Gasteiger charge is 2.19. The molecule has 0 amide bonds. The molecule has 0 aliphatic heterocycles. The average molecular weight is 505 g/mol. The first-order chi connectivity index (χ1) is 17.5. The maximum atomic E-state index is 15.1. The lowest BCUT2D eigenvalue weighted by Crippen LogP contribution is -2.35. The van der Waals surface area contributed by atoms with E-state index in [1.54, 1.807) is 13.0 Å². The van der Waals surface area contributed by atoms with Gasteiger partial charge in [0.05, 0.1) is 6.61 Å². The van der Waals surface area contributed by atoms with Crippen molar-refractivity contribution in [1.82, 2.24) is 0 Å². The summed E-state index contributed by atoms with van der Waals surface area (Å²) in [5.41, 5.74) is 8.52. The Labute approximate surface area is 223 Å². The highest BCUT2D eigenvalue weighted by atomic mass is 19.1. The van der Waals surface area contributed by atoms with Crippen molar-refractivity contribution in [3.63, 3.8) is 0 Å². The number of allylic oxidation sites excluding steroid dienone is 4. The molecule has 2 rings (SSSR count). The number of carbonyl (C=O) groups is 1. The molecule has 0 heterocycles. The zero-order valence-corrected chi connectivity index (χ0v) is 24.4. The van der Waals surface area contributed by atoms with E-state index >= 15 is 4.39 Å². The molecule has 1 atom stereocenters. The van der Waals surface area contributed by atoms with Crippen LogP contribution < -0.4 is 10.4 Å². The summed E-state index contributed by atoms with van der Waals surface area (Å²) in [6.45, 7) is 18.0. The highest BCUT2D eigenvalue weighted by Crippen LogP contribution is 2.30. The van der Waals surface area contributed by atoms with E-state index in [0.717, 1.165) is 64.0 Å². The van der Waals surface area contributed by atoms with E-state index < -0.39 is 0 Å². The van der Waals surface area contributed by atoms with Gasteiger partial charge in [-0.05, 0) is 111 Å². The first kappa shape index (κ1) is 30.5. The van der Waals surface area contributed by atoms with Crippen LogP contribution in [-0.2, 0) is 11.2 Å². The van der Waals surface area contributed by atoms with Gasteiger partial charge in [0.1, 0.15) is 5.82 Å². The number of aliphatic hydroxyl groups is 1. The van der Waals surface area contributed by atoms with Crippen LogP contribution in [0.1, 0.15) is 98.6 Å². The van der Waals surface area contributed by atoms with E-state index in [2.05, 4.69) is 46.5 Å². The van der Waals surface area contributed by atoms with Gasteiger partial charge in [0.2, 0.25) is 0 Å². The lowest BCUT2D eigenvalue weighted by atomic mass is 9.85. The summed E-state index contributed by atoms with van der Waals surface area (Å²) in [5.74, 6) is 7.16. The van der Waals surface area contributed by atoms with Gasteiger partial charge in [0, 0.05) is 22.8 Å². The maximum absolute atomic E-state index is 15.1. The second kappa shape index (κ2) is 13.7. The van der Waals surface area contributed by atoms with Gasteiger partial charge in [-0.25, -0.2) is 4.39 Å². The summed E-state index contributed by atoms with van der Waals surface area (Å²) >= 11 is 0. The van der Waals surface area contributed by atoms with E-state index in [-0.39, 0.29) is 18.2 Å². The summed E-state index contributed by atoms with van der Waals surface area (Å²) in [4.78, 5) is 12.2. The number of fused-ring (bicyclic) bond motifs is 1. The smallest absolute Gasteiger partial charge is 0.156 e. The largest absolute Gasteiger partial charge is 0.392 e. The molecule has 1 aromatic rings. The molecule has 1 N–H and O–H groups in total. The van der Waals surface area contributed by atoms with Gasteiger partial charge in [-0.3, -0.25) is 4.79 Å². The number of Topliss-reactive ketones (excluding diaryl/α,β-unsaturated/α-hetero) is 1. The van der Waals surface area contributed by atoms with Crippen LogP contribution in [0.3, 0.4) is 0 Å². The number of carbonyl (C=O) groups excluding carboxylic acids is 1. The summed E-state index contributed by atoms with van der Waals surface area (Å²) < 4.78 is 15.1. The van der Waals surface area contributed by atoms with Crippen molar-refractivity contribution in [2.45, 2.75) is 101 Å². The number of benzene rings is 1. The molecule has 37 heavy (non-hydrogen) atoms. The SMILES string of the molecule is CC/C(C)=c1/cc(F)c(C)c2c1=C(/C(CC(C)CC)=C(C)/C(C)=C/C(CO)=C(/CC)C(C)=O)C#CCC2. The molecular formula is C34H45FO2. The Kier molecular flexibility index (Phi) is 11.3. The molecule has 0 saturated heterocycles. The molecule has 2 nitrogen and oxygen atoms in total. The molecule has 3 heteroatoms. The van der Waals surface area contributed by atoms with Gasteiger partial charge in [-0.15, -0.1) is 0 Å². The molecule has 0 spiro atoms. The fourth-order valence-corrected chi connectivity index (χ4v) is 5.03. The summed E-state index contributed by atoms with van der Waals surface area (Å²) in [7, 11) is 0. The van der Waals surface area contributed by atoms with Crippen molar-refractivity contribution < 1.29 is 14.3 Å². The third-order valence-corrected chi connectivity index (χ3v) is 7.93. The minimum Gasteiger partial charge on any atom is -0.392 e. The zero-order chi connectivity index (χ0) is 27.9. The standard InChI is InChI=1S/C34H45FO2/c1-10-21(4)17-32(24(7)23(6)18-27(20-36)28(12-3)26(9)37)30-16-14-13-15-29-25(8)33(35)19-31(34(29)30)22(5)11-2/h18-19,21,36H,10-13,15,17,20H2,1-9H3/b23-18+,28-27+,31-22-,32-24+. The minimum atomic E-state index is -0.180. The fraction of sp³-hybridized carbons (Fsp3) is 0.500. The molecule has 1 aliphatic carbocycles. The average Bonchev–Trinajstić information content (AvgIpc) is 3.10. The molecule has 1 unspecified atom stereocenters. The first-order valence-electron chi connectivity index (χ1n) is 13.8. The molecule has 0 aromatic heterocycles. The van der Waals surface area contributed by atoms with Gasteiger partial charge in [-0.2, -0.15) is 0 Å². The van der Waals surface area contributed by atoms with Crippen molar-refractivity contribution >= 4 is 16.9 Å². The van der Waals surface area contributed by atoms with Crippen molar-refractivity contribution in [2.75, 3.05) is 6.61 Å².